The molecular formula is C15H21N3O2. The molecule has 1 atom stereocenters. The number of anilines is 1. The van der Waals surface area contributed by atoms with Crippen LogP contribution in [0.1, 0.15) is 40.2 Å². The normalized spacial score (nSPS) is 12.7. The fourth-order valence-corrected chi connectivity index (χ4v) is 1.62. The molecule has 0 saturated heterocycles. The molecule has 20 heavy (non-hydrogen) atoms. The Hall–Kier alpha value is -2.09. The Morgan fingerprint density at radius 3 is 2.60 bits per heavy atom. The van der Waals surface area contributed by atoms with E-state index in [1.165, 1.54) is 0 Å². The van der Waals surface area contributed by atoms with Crippen LogP contribution in [0.2, 0.25) is 0 Å². The van der Waals surface area contributed by atoms with Gasteiger partial charge < -0.3 is 10.1 Å². The van der Waals surface area contributed by atoms with Crippen LogP contribution in [0.15, 0.2) is 18.3 Å². The van der Waals surface area contributed by atoms with Crippen molar-refractivity contribution in [1.82, 2.24) is 4.98 Å². The molecule has 0 aromatic carbocycles. The van der Waals surface area contributed by atoms with Crippen molar-refractivity contribution in [2.45, 2.75) is 46.3 Å². The molecule has 1 heterocycles. The maximum atomic E-state index is 12.2. The minimum atomic E-state index is -0.548. The van der Waals surface area contributed by atoms with E-state index in [-0.39, 0.29) is 11.9 Å². The van der Waals surface area contributed by atoms with Gasteiger partial charge in [0, 0.05) is 6.20 Å². The summed E-state index contributed by atoms with van der Waals surface area (Å²) < 4.78 is 5.39. The average molecular weight is 275 g/mol. The zero-order valence-corrected chi connectivity index (χ0v) is 12.6. The van der Waals surface area contributed by atoms with Gasteiger partial charge >= 0.3 is 5.97 Å². The Labute approximate surface area is 120 Å². The summed E-state index contributed by atoms with van der Waals surface area (Å²) in [6.07, 6.45) is 1.58. The van der Waals surface area contributed by atoms with E-state index in [2.05, 4.69) is 10.3 Å². The van der Waals surface area contributed by atoms with Crippen molar-refractivity contribution in [3.63, 3.8) is 0 Å². The first-order valence-electron chi connectivity index (χ1n) is 6.59. The summed E-state index contributed by atoms with van der Waals surface area (Å²) in [7, 11) is 0. The van der Waals surface area contributed by atoms with Gasteiger partial charge in [-0.3, -0.25) is 0 Å². The molecule has 0 bridgehead atoms. The fraction of sp³-hybridized carbons (Fsp3) is 0.533. The molecule has 0 radical (unpaired) electrons. The zero-order valence-electron chi connectivity index (χ0n) is 12.6. The largest absolute Gasteiger partial charge is 0.458 e. The zero-order chi connectivity index (χ0) is 15.3. The molecule has 5 heteroatoms. The highest BCUT2D eigenvalue weighted by Crippen LogP contribution is 2.18. The minimum Gasteiger partial charge on any atom is -0.458 e. The SMILES string of the molecule is CC(C)[C@@H](Nc1ncccc1C#N)C(=O)OC(C)(C)C. The predicted molar refractivity (Wildman–Crippen MR) is 77.0 cm³/mol. The summed E-state index contributed by atoms with van der Waals surface area (Å²) in [6.45, 7) is 9.30. The van der Waals surface area contributed by atoms with Crippen LogP contribution < -0.4 is 5.32 Å². The number of aromatic nitrogens is 1. The van der Waals surface area contributed by atoms with E-state index in [4.69, 9.17) is 10.00 Å². The van der Waals surface area contributed by atoms with Crippen molar-refractivity contribution in [1.29, 1.82) is 5.26 Å². The van der Waals surface area contributed by atoms with Crippen molar-refractivity contribution in [3.8, 4) is 6.07 Å². The highest BCUT2D eigenvalue weighted by molar-refractivity contribution is 5.80. The maximum Gasteiger partial charge on any atom is 0.329 e. The number of nitrogens with zero attached hydrogens (tertiary/aromatic N) is 2. The summed E-state index contributed by atoms with van der Waals surface area (Å²) in [5.74, 6) is 0.0694. The number of esters is 1. The van der Waals surface area contributed by atoms with Gasteiger partial charge in [0.25, 0.3) is 0 Å². The molecule has 1 rings (SSSR count). The van der Waals surface area contributed by atoms with Gasteiger partial charge in [0.2, 0.25) is 0 Å². The van der Waals surface area contributed by atoms with Gasteiger partial charge in [0.05, 0.1) is 5.56 Å². The number of rotatable bonds is 4. The molecular weight excluding hydrogens is 254 g/mol. The molecule has 0 saturated carbocycles. The van der Waals surface area contributed by atoms with Gasteiger partial charge in [-0.25, -0.2) is 9.78 Å². The van der Waals surface area contributed by atoms with E-state index in [9.17, 15) is 4.79 Å². The topological polar surface area (TPSA) is 75.0 Å². The molecule has 1 aromatic rings. The Morgan fingerprint density at radius 1 is 1.45 bits per heavy atom. The lowest BCUT2D eigenvalue weighted by Crippen LogP contribution is -2.40. The third-order valence-corrected chi connectivity index (χ3v) is 2.55. The summed E-state index contributed by atoms with van der Waals surface area (Å²) in [5, 5.41) is 12.1. The van der Waals surface area contributed by atoms with E-state index < -0.39 is 11.6 Å². The molecule has 0 aliphatic rings. The second-order valence-electron chi connectivity index (χ2n) is 5.91. The van der Waals surface area contributed by atoms with Crippen LogP contribution in [0.4, 0.5) is 5.82 Å². The van der Waals surface area contributed by atoms with Crippen molar-refractivity contribution in [2.24, 2.45) is 5.92 Å². The van der Waals surface area contributed by atoms with Gasteiger partial charge in [-0.05, 0) is 38.8 Å². The Morgan fingerprint density at radius 2 is 2.10 bits per heavy atom. The first-order valence-corrected chi connectivity index (χ1v) is 6.59. The minimum absolute atomic E-state index is 0.0124. The van der Waals surface area contributed by atoms with Crippen molar-refractivity contribution < 1.29 is 9.53 Å². The van der Waals surface area contributed by atoms with Gasteiger partial charge in [0.1, 0.15) is 23.5 Å². The van der Waals surface area contributed by atoms with Gasteiger partial charge in [-0.2, -0.15) is 5.26 Å². The third-order valence-electron chi connectivity index (χ3n) is 2.55. The van der Waals surface area contributed by atoms with E-state index in [0.29, 0.717) is 11.4 Å². The number of carbonyl (C=O) groups excluding carboxylic acids is 1. The van der Waals surface area contributed by atoms with E-state index in [1.807, 2.05) is 40.7 Å². The van der Waals surface area contributed by atoms with Crippen LogP contribution in [0.5, 0.6) is 0 Å². The molecule has 5 nitrogen and oxygen atoms in total. The molecule has 108 valence electrons. The lowest BCUT2D eigenvalue weighted by atomic mass is 10.0. The van der Waals surface area contributed by atoms with Crippen LogP contribution in [0.3, 0.4) is 0 Å². The van der Waals surface area contributed by atoms with Gasteiger partial charge in [-0.15, -0.1) is 0 Å². The number of hydrogen-bond donors (Lipinski definition) is 1. The van der Waals surface area contributed by atoms with Crippen LogP contribution in [0.25, 0.3) is 0 Å². The number of hydrogen-bond acceptors (Lipinski definition) is 5. The molecule has 0 spiro atoms. The smallest absolute Gasteiger partial charge is 0.329 e. The Bertz CT molecular complexity index is 513. The molecule has 0 fully saturated rings. The molecule has 1 aromatic heterocycles. The first kappa shape index (κ1) is 16.0. The van der Waals surface area contributed by atoms with Crippen molar-refractivity contribution in [2.75, 3.05) is 5.32 Å². The Kier molecular flexibility index (Phi) is 5.09. The van der Waals surface area contributed by atoms with Gasteiger partial charge in [0.15, 0.2) is 0 Å². The summed E-state index contributed by atoms with van der Waals surface area (Å²) in [6, 6.07) is 4.84. The summed E-state index contributed by atoms with van der Waals surface area (Å²) in [4.78, 5) is 16.3. The number of nitriles is 1. The maximum absolute atomic E-state index is 12.2. The average Bonchev–Trinajstić information content (AvgIpc) is 2.33. The van der Waals surface area contributed by atoms with Crippen LogP contribution >= 0.6 is 0 Å². The third kappa shape index (κ3) is 4.54. The fourth-order valence-electron chi connectivity index (χ4n) is 1.62. The first-order chi connectivity index (χ1) is 9.24. The molecule has 0 aliphatic carbocycles. The van der Waals surface area contributed by atoms with Crippen LogP contribution in [0, 0.1) is 17.2 Å². The molecule has 0 aliphatic heterocycles. The van der Waals surface area contributed by atoms with Crippen LogP contribution in [-0.4, -0.2) is 22.6 Å². The van der Waals surface area contributed by atoms with Crippen LogP contribution in [-0.2, 0) is 9.53 Å². The van der Waals surface area contributed by atoms with Crippen molar-refractivity contribution in [3.05, 3.63) is 23.9 Å². The standard InChI is InChI=1S/C15H21N3O2/c1-10(2)12(14(19)20-15(3,4)5)18-13-11(9-16)7-6-8-17-13/h6-8,10,12H,1-5H3,(H,17,18)/t12-/m1/s1. The lowest BCUT2D eigenvalue weighted by Gasteiger charge is -2.27. The number of nitrogens with one attached hydrogen (secondary N) is 1. The quantitative estimate of drug-likeness (QED) is 0.855. The lowest BCUT2D eigenvalue weighted by molar-refractivity contribution is -0.156. The predicted octanol–water partition coefficient (Wildman–Crippen LogP) is 2.73. The summed E-state index contributed by atoms with van der Waals surface area (Å²) in [5.41, 5.74) is -0.143. The highest BCUT2D eigenvalue weighted by atomic mass is 16.6. The number of carbonyl (C=O) groups is 1. The van der Waals surface area contributed by atoms with Crippen molar-refractivity contribution >= 4 is 11.8 Å². The number of pyridine rings is 1. The van der Waals surface area contributed by atoms with E-state index in [0.717, 1.165) is 0 Å². The Balaban J connectivity index is 2.94. The second kappa shape index (κ2) is 6.38. The molecule has 0 unspecified atom stereocenters. The molecule has 1 N–H and O–H groups in total. The summed E-state index contributed by atoms with van der Waals surface area (Å²) >= 11 is 0. The van der Waals surface area contributed by atoms with E-state index >= 15 is 0 Å². The second-order valence-corrected chi connectivity index (χ2v) is 5.91. The molecule has 0 amide bonds. The number of ether oxygens (including phenoxy) is 1. The monoisotopic (exact) mass is 275 g/mol. The van der Waals surface area contributed by atoms with E-state index in [1.54, 1.807) is 18.3 Å². The van der Waals surface area contributed by atoms with Gasteiger partial charge in [-0.1, -0.05) is 13.8 Å². The highest BCUT2D eigenvalue weighted by Gasteiger charge is 2.28.